The van der Waals surface area contributed by atoms with Gasteiger partial charge in [0, 0.05) is 17.2 Å². The van der Waals surface area contributed by atoms with Crippen molar-refractivity contribution < 1.29 is 0 Å². The van der Waals surface area contributed by atoms with Gasteiger partial charge in [0.15, 0.2) is 5.65 Å². The molecule has 21 heavy (non-hydrogen) atoms. The molecule has 0 saturated heterocycles. The molecular weight excluding hydrogens is 350 g/mol. The summed E-state index contributed by atoms with van der Waals surface area (Å²) in [5, 5.41) is -0.0861. The molecule has 0 N–H and O–H groups in total. The third-order valence-corrected chi connectivity index (χ3v) is 5.41. The monoisotopic (exact) mass is 367 g/mol. The molecule has 2 aromatic heterocycles. The van der Waals surface area contributed by atoms with Crippen LogP contribution in [0.2, 0.25) is 0 Å². The van der Waals surface area contributed by atoms with Gasteiger partial charge in [-0.05, 0) is 72.4 Å². The Morgan fingerprint density at radius 2 is 2.00 bits per heavy atom. The van der Waals surface area contributed by atoms with Gasteiger partial charge in [0.25, 0.3) is 0 Å². The van der Waals surface area contributed by atoms with Gasteiger partial charge in [-0.25, -0.2) is 9.97 Å². The Morgan fingerprint density at radius 3 is 2.57 bits per heavy atom. The van der Waals surface area contributed by atoms with Crippen LogP contribution in [-0.2, 0) is 6.54 Å². The standard InChI is InChI=1S/C16H19BrClN3/c1-9(18)15-20-14-6-12(17)7-19-16(14)21(15)8-13(10-2-3-10)11-4-5-11/h6-7,9-11,13H,2-5,8H2,1H3. The quantitative estimate of drug-likeness (QED) is 0.701. The molecule has 2 aliphatic carbocycles. The Balaban J connectivity index is 1.75. The van der Waals surface area contributed by atoms with Crippen molar-refractivity contribution in [2.24, 2.45) is 17.8 Å². The summed E-state index contributed by atoms with van der Waals surface area (Å²) < 4.78 is 3.25. The first-order chi connectivity index (χ1) is 10.1. The van der Waals surface area contributed by atoms with Crippen molar-refractivity contribution in [1.82, 2.24) is 14.5 Å². The summed E-state index contributed by atoms with van der Waals surface area (Å²) in [5.41, 5.74) is 1.92. The Labute approximate surface area is 138 Å². The molecule has 0 radical (unpaired) electrons. The number of nitrogens with zero attached hydrogens (tertiary/aromatic N) is 3. The van der Waals surface area contributed by atoms with E-state index in [1.165, 1.54) is 25.7 Å². The van der Waals surface area contributed by atoms with Crippen LogP contribution in [0.25, 0.3) is 11.2 Å². The van der Waals surface area contributed by atoms with Gasteiger partial charge >= 0.3 is 0 Å². The van der Waals surface area contributed by atoms with Crippen molar-refractivity contribution >= 4 is 38.7 Å². The van der Waals surface area contributed by atoms with Crippen LogP contribution >= 0.6 is 27.5 Å². The van der Waals surface area contributed by atoms with Gasteiger partial charge in [-0.3, -0.25) is 0 Å². The minimum atomic E-state index is -0.0861. The summed E-state index contributed by atoms with van der Waals surface area (Å²) in [6.07, 6.45) is 7.46. The van der Waals surface area contributed by atoms with Crippen LogP contribution in [0.3, 0.4) is 0 Å². The van der Waals surface area contributed by atoms with Gasteiger partial charge in [-0.2, -0.15) is 0 Å². The van der Waals surface area contributed by atoms with Gasteiger partial charge in [0.05, 0.1) is 5.38 Å². The molecule has 0 aliphatic heterocycles. The molecule has 2 aromatic rings. The highest BCUT2D eigenvalue weighted by atomic mass is 79.9. The molecule has 0 spiro atoms. The molecule has 3 nitrogen and oxygen atoms in total. The zero-order chi connectivity index (χ0) is 14.6. The van der Waals surface area contributed by atoms with Crippen LogP contribution in [-0.4, -0.2) is 14.5 Å². The maximum absolute atomic E-state index is 6.37. The van der Waals surface area contributed by atoms with E-state index in [1.54, 1.807) is 0 Å². The number of fused-ring (bicyclic) bond motifs is 1. The smallest absolute Gasteiger partial charge is 0.160 e. The van der Waals surface area contributed by atoms with Crippen LogP contribution in [0.15, 0.2) is 16.7 Å². The van der Waals surface area contributed by atoms with E-state index in [4.69, 9.17) is 16.6 Å². The highest BCUT2D eigenvalue weighted by Gasteiger charge is 2.42. The number of hydrogen-bond acceptors (Lipinski definition) is 2. The van der Waals surface area contributed by atoms with E-state index in [0.717, 1.165) is 45.8 Å². The molecule has 2 saturated carbocycles. The Bertz CT molecular complexity index is 661. The fraction of sp³-hybridized carbons (Fsp3) is 0.625. The number of alkyl halides is 1. The van der Waals surface area contributed by atoms with Crippen molar-refractivity contribution in [2.45, 2.75) is 44.5 Å². The largest absolute Gasteiger partial charge is 0.311 e. The van der Waals surface area contributed by atoms with Gasteiger partial charge in [-0.1, -0.05) is 0 Å². The summed E-state index contributed by atoms with van der Waals surface area (Å²) in [6.45, 7) is 3.03. The van der Waals surface area contributed by atoms with Crippen LogP contribution in [0.1, 0.15) is 43.8 Å². The summed E-state index contributed by atoms with van der Waals surface area (Å²) in [4.78, 5) is 9.32. The molecular formula is C16H19BrClN3. The van der Waals surface area contributed by atoms with Gasteiger partial charge < -0.3 is 4.57 Å². The number of aromatic nitrogens is 3. The average molecular weight is 369 g/mol. The first kappa shape index (κ1) is 14.0. The molecule has 2 fully saturated rings. The van der Waals surface area contributed by atoms with Crippen molar-refractivity contribution in [3.63, 3.8) is 0 Å². The lowest BCUT2D eigenvalue weighted by Gasteiger charge is -2.19. The summed E-state index contributed by atoms with van der Waals surface area (Å²) in [6, 6.07) is 2.03. The molecule has 0 aromatic carbocycles. The fourth-order valence-electron chi connectivity index (χ4n) is 3.43. The van der Waals surface area contributed by atoms with Crippen LogP contribution < -0.4 is 0 Å². The van der Waals surface area contributed by atoms with Crippen molar-refractivity contribution in [1.29, 1.82) is 0 Å². The van der Waals surface area contributed by atoms with E-state index < -0.39 is 0 Å². The van der Waals surface area contributed by atoms with E-state index in [-0.39, 0.29) is 5.38 Å². The maximum Gasteiger partial charge on any atom is 0.160 e. The summed E-state index contributed by atoms with van der Waals surface area (Å²) >= 11 is 9.85. The number of hydrogen-bond donors (Lipinski definition) is 0. The second-order valence-electron chi connectivity index (χ2n) is 6.53. The maximum atomic E-state index is 6.37. The lowest BCUT2D eigenvalue weighted by atomic mass is 9.98. The van der Waals surface area contributed by atoms with E-state index in [1.807, 2.05) is 19.2 Å². The number of imidazole rings is 1. The van der Waals surface area contributed by atoms with E-state index in [9.17, 15) is 0 Å². The third kappa shape index (κ3) is 2.72. The summed E-state index contributed by atoms with van der Waals surface area (Å²) in [5.74, 6) is 3.60. The Kier molecular flexibility index (Phi) is 3.49. The lowest BCUT2D eigenvalue weighted by Crippen LogP contribution is -2.17. The number of pyridine rings is 1. The summed E-state index contributed by atoms with van der Waals surface area (Å²) in [7, 11) is 0. The number of rotatable bonds is 5. The minimum absolute atomic E-state index is 0.0861. The predicted octanol–water partition coefficient (Wildman–Crippen LogP) is 4.93. The van der Waals surface area contributed by atoms with E-state index in [0.29, 0.717) is 0 Å². The molecule has 0 amide bonds. The minimum Gasteiger partial charge on any atom is -0.311 e. The second-order valence-corrected chi connectivity index (χ2v) is 8.10. The van der Waals surface area contributed by atoms with Crippen molar-refractivity contribution in [3.8, 4) is 0 Å². The zero-order valence-corrected chi connectivity index (χ0v) is 14.4. The molecule has 112 valence electrons. The molecule has 2 aliphatic rings. The van der Waals surface area contributed by atoms with Crippen molar-refractivity contribution in [3.05, 3.63) is 22.6 Å². The van der Waals surface area contributed by atoms with Gasteiger partial charge in [0.2, 0.25) is 0 Å². The molecule has 0 bridgehead atoms. The SMILES string of the molecule is CC(Cl)c1nc2cc(Br)cnc2n1CC(C1CC1)C1CC1. The predicted molar refractivity (Wildman–Crippen MR) is 88.4 cm³/mol. The fourth-order valence-corrected chi connectivity index (χ4v) is 3.92. The second kappa shape index (κ2) is 5.24. The van der Waals surface area contributed by atoms with Crippen LogP contribution in [0, 0.1) is 17.8 Å². The van der Waals surface area contributed by atoms with Gasteiger partial charge in [0.1, 0.15) is 11.3 Å². The molecule has 1 unspecified atom stereocenters. The zero-order valence-electron chi connectivity index (χ0n) is 12.1. The van der Waals surface area contributed by atoms with E-state index >= 15 is 0 Å². The molecule has 2 heterocycles. The highest BCUT2D eigenvalue weighted by molar-refractivity contribution is 9.10. The molecule has 1 atom stereocenters. The van der Waals surface area contributed by atoms with Crippen molar-refractivity contribution in [2.75, 3.05) is 0 Å². The molecule has 5 heteroatoms. The first-order valence-electron chi connectivity index (χ1n) is 7.79. The first-order valence-corrected chi connectivity index (χ1v) is 9.02. The van der Waals surface area contributed by atoms with Gasteiger partial charge in [-0.15, -0.1) is 11.6 Å². The topological polar surface area (TPSA) is 30.7 Å². The Hall–Kier alpha value is -0.610. The lowest BCUT2D eigenvalue weighted by molar-refractivity contribution is 0.347. The molecule has 4 rings (SSSR count). The van der Waals surface area contributed by atoms with E-state index in [2.05, 4.69) is 25.5 Å². The number of halogens is 2. The Morgan fingerprint density at radius 1 is 1.33 bits per heavy atom. The van der Waals surface area contributed by atoms with Crippen LogP contribution in [0.5, 0.6) is 0 Å². The average Bonchev–Trinajstić information content (AvgIpc) is 3.33. The highest BCUT2D eigenvalue weighted by Crippen LogP contribution is 2.50. The van der Waals surface area contributed by atoms with Crippen LogP contribution in [0.4, 0.5) is 0 Å². The third-order valence-electron chi connectivity index (χ3n) is 4.79. The normalized spacial score (nSPS) is 20.4.